The lowest BCUT2D eigenvalue weighted by molar-refractivity contribution is -0.134. The number of aliphatic hydroxyl groups excluding tert-OH is 1. The number of hydrogen-bond donors (Lipinski definition) is 2. The average molecular weight is 589 g/mol. The van der Waals surface area contributed by atoms with Gasteiger partial charge in [0.25, 0.3) is 15.9 Å². The van der Waals surface area contributed by atoms with Gasteiger partial charge in [0.1, 0.15) is 22.0 Å². The van der Waals surface area contributed by atoms with Crippen molar-refractivity contribution in [1.29, 1.82) is 0 Å². The van der Waals surface area contributed by atoms with Crippen molar-refractivity contribution in [2.45, 2.75) is 43.7 Å². The topological polar surface area (TPSA) is 136 Å². The number of hydrogen-bond acceptors (Lipinski definition) is 7. The van der Waals surface area contributed by atoms with Crippen molar-refractivity contribution in [1.82, 2.24) is 4.90 Å². The number of sulfonamides is 2. The summed E-state index contributed by atoms with van der Waals surface area (Å²) >= 11 is 0. The van der Waals surface area contributed by atoms with Gasteiger partial charge in [-0.3, -0.25) is 9.10 Å². The third-order valence-electron chi connectivity index (χ3n) is 8.66. The molecule has 2 aliphatic carbocycles. The van der Waals surface area contributed by atoms with E-state index in [1.54, 1.807) is 24.0 Å². The Morgan fingerprint density at radius 3 is 2.60 bits per heavy atom. The molecule has 1 amide bonds. The number of amidine groups is 1. The Balaban J connectivity index is 1.41. The van der Waals surface area contributed by atoms with Crippen LogP contribution in [0.3, 0.4) is 0 Å². The Kier molecular flexibility index (Phi) is 6.04. The zero-order valence-electron chi connectivity index (χ0n) is 22.1. The molecule has 2 N–H and O–H groups in total. The number of nitrogens with zero attached hydrogens (tertiary/aromatic N) is 3. The molecule has 4 atom stereocenters. The van der Waals surface area contributed by atoms with Crippen LogP contribution in [-0.2, 0) is 31.4 Å². The standard InChI is InChI=1S/C27H29FN4O6S2/c1-14-10-15(4-8-19(14)28)13-32-24-17-6-5-16(11-17)22(24)25(33)23(27(32)34)26-29-20-9-7-18(31(2)39(3,35)36)12-21(20)40(37,38)30-26/h4,7-10,12,16-17,22,24,33H,5-6,11,13H2,1-3H3,(H,29,30)/t16-,17+,22?,24?/m1/s1. The molecule has 10 nitrogen and oxygen atoms in total. The molecule has 0 spiro atoms. The highest BCUT2D eigenvalue weighted by Crippen LogP contribution is 2.55. The lowest BCUT2D eigenvalue weighted by atomic mass is 9.77. The van der Waals surface area contributed by atoms with E-state index in [1.807, 2.05) is 0 Å². The van der Waals surface area contributed by atoms with E-state index in [2.05, 4.69) is 9.71 Å². The fourth-order valence-corrected chi connectivity index (χ4v) is 8.33. The summed E-state index contributed by atoms with van der Waals surface area (Å²) in [5.41, 5.74) is 1.23. The molecule has 4 aliphatic rings. The predicted octanol–water partition coefficient (Wildman–Crippen LogP) is 3.31. The number of anilines is 2. The molecule has 13 heteroatoms. The highest BCUT2D eigenvalue weighted by atomic mass is 32.2. The van der Waals surface area contributed by atoms with Gasteiger partial charge in [-0.25, -0.2) is 12.8 Å². The van der Waals surface area contributed by atoms with Gasteiger partial charge in [-0.15, -0.1) is 4.40 Å². The van der Waals surface area contributed by atoms with E-state index in [0.29, 0.717) is 5.56 Å². The molecular formula is C27H29FN4O6S2. The molecule has 2 aromatic carbocycles. The number of nitrogens with one attached hydrogen (secondary N) is 1. The number of carbonyl (C=O) groups excluding carboxylic acids is 1. The van der Waals surface area contributed by atoms with Crippen molar-refractivity contribution in [2.75, 3.05) is 22.9 Å². The molecule has 40 heavy (non-hydrogen) atoms. The summed E-state index contributed by atoms with van der Waals surface area (Å²) in [7, 11) is -6.70. The molecule has 0 saturated heterocycles. The molecule has 2 bridgehead atoms. The number of carbonyl (C=O) groups is 1. The second-order valence-corrected chi connectivity index (χ2v) is 14.7. The number of amides is 1. The number of rotatable bonds is 5. The summed E-state index contributed by atoms with van der Waals surface area (Å²) in [6.45, 7) is 1.83. The summed E-state index contributed by atoms with van der Waals surface area (Å²) in [5, 5.41) is 14.4. The first kappa shape index (κ1) is 26.8. The minimum Gasteiger partial charge on any atom is -0.511 e. The molecule has 212 valence electrons. The van der Waals surface area contributed by atoms with E-state index >= 15 is 0 Å². The normalized spacial score (nSPS) is 26.8. The molecule has 2 heterocycles. The third-order valence-corrected chi connectivity index (χ3v) is 11.2. The van der Waals surface area contributed by atoms with Crippen molar-refractivity contribution in [2.24, 2.45) is 22.2 Å². The quantitative estimate of drug-likeness (QED) is 0.547. The van der Waals surface area contributed by atoms with Gasteiger partial charge in [0.15, 0.2) is 5.84 Å². The first-order valence-electron chi connectivity index (χ1n) is 13.0. The fraction of sp³-hybridized carbons (Fsp3) is 0.407. The molecule has 2 unspecified atom stereocenters. The Morgan fingerprint density at radius 1 is 1.18 bits per heavy atom. The maximum atomic E-state index is 14.0. The van der Waals surface area contributed by atoms with Gasteiger partial charge >= 0.3 is 0 Å². The summed E-state index contributed by atoms with van der Waals surface area (Å²) in [6.07, 6.45) is 3.70. The van der Waals surface area contributed by atoms with Crippen molar-refractivity contribution >= 4 is 43.2 Å². The van der Waals surface area contributed by atoms with E-state index in [-0.39, 0.29) is 69.6 Å². The van der Waals surface area contributed by atoms with Gasteiger partial charge in [0.2, 0.25) is 10.0 Å². The second kappa shape index (κ2) is 9.03. The lowest BCUT2D eigenvalue weighted by Crippen LogP contribution is -2.53. The van der Waals surface area contributed by atoms with Gasteiger partial charge in [-0.1, -0.05) is 12.1 Å². The van der Waals surface area contributed by atoms with Crippen LogP contribution in [0.4, 0.5) is 15.8 Å². The summed E-state index contributed by atoms with van der Waals surface area (Å²) < 4.78 is 69.3. The van der Waals surface area contributed by atoms with Crippen molar-refractivity contribution in [3.63, 3.8) is 0 Å². The molecule has 2 saturated carbocycles. The first-order valence-corrected chi connectivity index (χ1v) is 16.2. The van der Waals surface area contributed by atoms with Crippen LogP contribution in [0.1, 0.15) is 30.4 Å². The van der Waals surface area contributed by atoms with Gasteiger partial charge in [0, 0.05) is 25.6 Å². The van der Waals surface area contributed by atoms with Crippen LogP contribution in [0.25, 0.3) is 0 Å². The minimum absolute atomic E-state index is 0.111. The third kappa shape index (κ3) is 4.17. The Bertz CT molecular complexity index is 1740. The maximum Gasteiger partial charge on any atom is 0.286 e. The van der Waals surface area contributed by atoms with E-state index < -0.39 is 26.0 Å². The SMILES string of the molecule is Cc1cc(CN2C(=O)C(C3=NS(=O)(=O)c4cc(N(C)S(C)(=O)=O)ccc4N3)=C(O)C3C2[C@H]2CC[C@@H]3C2)ccc1F. The molecule has 0 radical (unpaired) electrons. The van der Waals surface area contributed by atoms with Gasteiger partial charge in [-0.2, -0.15) is 8.42 Å². The smallest absolute Gasteiger partial charge is 0.286 e. The fourth-order valence-electron chi connectivity index (χ4n) is 6.69. The van der Waals surface area contributed by atoms with E-state index in [1.165, 1.54) is 31.3 Å². The highest BCUT2D eigenvalue weighted by Gasteiger charge is 2.57. The van der Waals surface area contributed by atoms with E-state index in [9.17, 15) is 31.1 Å². The lowest BCUT2D eigenvalue weighted by Gasteiger charge is -2.44. The van der Waals surface area contributed by atoms with Crippen LogP contribution >= 0.6 is 0 Å². The molecular weight excluding hydrogens is 559 g/mol. The molecule has 2 aromatic rings. The number of aryl methyl sites for hydroxylation is 1. The van der Waals surface area contributed by atoms with Crippen molar-refractivity contribution in [3.8, 4) is 0 Å². The minimum atomic E-state index is -4.36. The second-order valence-electron chi connectivity index (χ2n) is 11.1. The number of fused-ring (bicyclic) bond motifs is 6. The summed E-state index contributed by atoms with van der Waals surface area (Å²) in [6, 6.07) is 8.47. The number of halogens is 1. The molecule has 2 aliphatic heterocycles. The van der Waals surface area contributed by atoms with Crippen LogP contribution in [0.15, 0.2) is 57.0 Å². The van der Waals surface area contributed by atoms with Crippen LogP contribution in [0.2, 0.25) is 0 Å². The zero-order chi connectivity index (χ0) is 28.7. The summed E-state index contributed by atoms with van der Waals surface area (Å²) in [4.78, 5) is 15.5. The van der Waals surface area contributed by atoms with Crippen LogP contribution in [0, 0.1) is 30.5 Å². The van der Waals surface area contributed by atoms with E-state index in [4.69, 9.17) is 0 Å². The average Bonchev–Trinajstić information content (AvgIpc) is 3.50. The van der Waals surface area contributed by atoms with Gasteiger partial charge in [0.05, 0.1) is 17.6 Å². The number of aliphatic hydroxyl groups is 1. The molecule has 0 aromatic heterocycles. The van der Waals surface area contributed by atoms with Crippen molar-refractivity contribution < 1.29 is 31.1 Å². The highest BCUT2D eigenvalue weighted by molar-refractivity contribution is 7.92. The Morgan fingerprint density at radius 2 is 1.90 bits per heavy atom. The van der Waals surface area contributed by atoms with Crippen LogP contribution in [0.5, 0.6) is 0 Å². The summed E-state index contributed by atoms with van der Waals surface area (Å²) in [5.74, 6) is -1.33. The monoisotopic (exact) mass is 588 g/mol. The maximum absolute atomic E-state index is 14.0. The van der Waals surface area contributed by atoms with Crippen molar-refractivity contribution in [3.05, 3.63) is 64.7 Å². The zero-order valence-corrected chi connectivity index (χ0v) is 23.8. The van der Waals surface area contributed by atoms with Crippen LogP contribution < -0.4 is 9.62 Å². The van der Waals surface area contributed by atoms with Crippen LogP contribution in [-0.4, -0.2) is 57.9 Å². The molecule has 2 fully saturated rings. The van der Waals surface area contributed by atoms with Gasteiger partial charge in [-0.05, 0) is 73.4 Å². The van der Waals surface area contributed by atoms with Gasteiger partial charge < -0.3 is 15.3 Å². The first-order chi connectivity index (χ1) is 18.8. The van der Waals surface area contributed by atoms with E-state index in [0.717, 1.165) is 35.4 Å². The largest absolute Gasteiger partial charge is 0.511 e. The molecule has 6 rings (SSSR count). The Hall–Kier alpha value is -3.45. The Labute approximate surface area is 232 Å². The predicted molar refractivity (Wildman–Crippen MR) is 147 cm³/mol. The number of benzene rings is 2.